The first-order chi connectivity index (χ1) is 0. The molecule has 0 atom stereocenters. The van der Waals surface area contributed by atoms with E-state index in [0.717, 1.165) is 0 Å². The molecule has 1 radical (unpaired) electrons. The summed E-state index contributed by atoms with van der Waals surface area (Å²) in [6.07, 6.45) is 0. The van der Waals surface area contributed by atoms with Crippen molar-refractivity contribution in [2.24, 2.45) is 0 Å². The van der Waals surface area contributed by atoms with Gasteiger partial charge in [-0.3, -0.25) is 0 Å². The van der Waals surface area contributed by atoms with E-state index in [1.165, 1.54) is 0 Å². The normalized spacial score (nSPS) is 0. The van der Waals surface area contributed by atoms with Gasteiger partial charge in [0.15, 0.2) is 0 Å². The van der Waals surface area contributed by atoms with Crippen molar-refractivity contribution in [3.05, 3.63) is 0 Å². The molecule has 0 amide bonds. The Labute approximate surface area is 95.9 Å². The summed E-state index contributed by atoms with van der Waals surface area (Å²) in [5, 5.41) is 0. The molecule has 0 spiro atoms. The molecular weight excluding hydrogens is 250 g/mol. The largest absolute Gasteiger partial charge is 0 e. The first kappa shape index (κ1) is 27.8. The van der Waals surface area contributed by atoms with Crippen LogP contribution in [-0.2, 0) is 0 Å². The summed E-state index contributed by atoms with van der Waals surface area (Å²) in [4.78, 5) is 0. The van der Waals surface area contributed by atoms with Gasteiger partial charge < -0.3 is 0 Å². The molecule has 0 fully saturated rings. The van der Waals surface area contributed by atoms with E-state index in [-0.39, 0.29) is 98.2 Å². The summed E-state index contributed by atoms with van der Waals surface area (Å²) in [7, 11) is 0. The molecule has 0 bridgehead atoms. The maximum atomic E-state index is 0. The number of halogens is 2. The average molecular weight is 254 g/mol. The summed E-state index contributed by atoms with van der Waals surface area (Å²) in [6, 6.07) is 0. The molecule has 0 N–H and O–H groups in total. The first-order valence-electron chi connectivity index (χ1n) is 0. The van der Waals surface area contributed by atoms with E-state index < -0.39 is 0 Å². The van der Waals surface area contributed by atoms with E-state index in [1.54, 1.807) is 0 Å². The predicted molar refractivity (Wildman–Crippen MR) is 23.0 cm³/mol. The summed E-state index contributed by atoms with van der Waals surface area (Å²) in [5.41, 5.74) is 0. The number of hydrogen-bond donors (Lipinski definition) is 0. The molecule has 4 heavy (non-hydrogen) atoms. The van der Waals surface area contributed by atoms with Gasteiger partial charge in [0, 0.05) is 35.6 Å². The third-order valence-electron chi connectivity index (χ3n) is 0. The molecule has 0 nitrogen and oxygen atoms in total. The van der Waals surface area contributed by atoms with E-state index in [1.807, 2.05) is 0 Å². The van der Waals surface area contributed by atoms with E-state index in [4.69, 9.17) is 0 Å². The van der Waals surface area contributed by atoms with Gasteiger partial charge in [-0.1, -0.05) is 0 Å². The van der Waals surface area contributed by atoms with Gasteiger partial charge in [0.25, 0.3) is 0 Å². The van der Waals surface area contributed by atoms with Crippen molar-refractivity contribution in [2.45, 2.75) is 0 Å². The predicted octanol–water partition coefficient (Wildman–Crippen LogP) is -0.0726. The van der Waals surface area contributed by atoms with Crippen LogP contribution >= 0.6 is 24.8 Å². The molecule has 0 saturated carbocycles. The molecule has 4 heteroatoms. The van der Waals surface area contributed by atoms with Crippen molar-refractivity contribution in [1.82, 2.24) is 0 Å². The fourth-order valence-corrected chi connectivity index (χ4v) is 0. The van der Waals surface area contributed by atoms with Crippen molar-refractivity contribution in [1.29, 1.82) is 0 Å². The number of hydrogen-bond acceptors (Lipinski definition) is 0. The van der Waals surface area contributed by atoms with Gasteiger partial charge in [0.1, 0.15) is 0 Å². The molecule has 0 aliphatic heterocycles. The Kier molecular flexibility index (Phi) is 116. The van der Waals surface area contributed by atoms with Gasteiger partial charge in [-0.25, -0.2) is 0 Å². The molecule has 0 unspecified atom stereocenters. The van der Waals surface area contributed by atoms with Crippen molar-refractivity contribution in [3.63, 3.8) is 0 Å². The summed E-state index contributed by atoms with van der Waals surface area (Å²) >= 11 is 0. The van der Waals surface area contributed by atoms with Crippen molar-refractivity contribution < 1.29 is 35.6 Å². The maximum absolute atomic E-state index is 0. The zero-order valence-corrected chi connectivity index (χ0v) is 6.65. The van der Waals surface area contributed by atoms with Crippen LogP contribution in [0.1, 0.15) is 0 Å². The Balaban J connectivity index is 0. The van der Waals surface area contributed by atoms with Gasteiger partial charge >= 0.3 is 37.7 Å². The quantitative estimate of drug-likeness (QED) is 0.531. The topological polar surface area (TPSA) is 0 Å². The second-order valence-electron chi connectivity index (χ2n) is 0. The van der Waals surface area contributed by atoms with Crippen molar-refractivity contribution in [3.8, 4) is 0 Å². The van der Waals surface area contributed by atoms with Gasteiger partial charge in [-0.05, 0) is 0 Å². The third kappa shape index (κ3) is 8.90. The fourth-order valence-electron chi connectivity index (χ4n) is 0. The molecule has 0 aromatic heterocycles. The van der Waals surface area contributed by atoms with Crippen LogP contribution in [0, 0.1) is 35.6 Å². The minimum Gasteiger partial charge on any atom is 0 e. The van der Waals surface area contributed by atoms with Crippen LogP contribution in [0.3, 0.4) is 0 Å². The van der Waals surface area contributed by atoms with E-state index in [0.29, 0.717) is 0 Å². The average Bonchev–Trinajstić information content (AvgIpc) is 0. The van der Waals surface area contributed by atoms with Crippen LogP contribution in [0.5, 0.6) is 0 Å². The first-order valence-corrected chi connectivity index (χ1v) is 0. The molecule has 0 saturated heterocycles. The summed E-state index contributed by atoms with van der Waals surface area (Å²) < 4.78 is 0. The minimum absolute atomic E-state index is 0. The second kappa shape index (κ2) is 16.6. The summed E-state index contributed by atoms with van der Waals surface area (Å²) in [5.74, 6) is 0. The van der Waals surface area contributed by atoms with Crippen LogP contribution in [0.15, 0.2) is 0 Å². The Morgan fingerprint density at radius 3 is 0.750 bits per heavy atom. The molecule has 23 valence electrons. The molecular formula is H4CaCl2La. The van der Waals surface area contributed by atoms with Gasteiger partial charge in [-0.15, -0.1) is 24.8 Å². The zero-order valence-electron chi connectivity index (χ0n) is 1.39. The van der Waals surface area contributed by atoms with Crippen molar-refractivity contribution >= 4 is 62.6 Å². The maximum Gasteiger partial charge on any atom is 0 e. The Bertz CT molecular complexity index is 6.00. The monoisotopic (exact) mass is 253 g/mol. The summed E-state index contributed by atoms with van der Waals surface area (Å²) in [6.45, 7) is 0. The SMILES string of the molecule is Cl.Cl.[CaH2].[La]. The van der Waals surface area contributed by atoms with Gasteiger partial charge in [-0.2, -0.15) is 0 Å². The van der Waals surface area contributed by atoms with Gasteiger partial charge in [0.2, 0.25) is 0 Å². The van der Waals surface area contributed by atoms with E-state index in [9.17, 15) is 0 Å². The molecule has 0 aliphatic carbocycles. The second-order valence-corrected chi connectivity index (χ2v) is 0. The van der Waals surface area contributed by atoms with Crippen LogP contribution in [-0.4, -0.2) is 37.7 Å². The zero-order chi connectivity index (χ0) is 0. The van der Waals surface area contributed by atoms with Crippen LogP contribution in [0.4, 0.5) is 0 Å². The Hall–Kier alpha value is 3.03. The fraction of sp³-hybridized carbons (Fsp3) is 0. The standard InChI is InChI=1S/Ca.2ClH.La.2H/h;2*1H;;;. The van der Waals surface area contributed by atoms with Crippen LogP contribution in [0.25, 0.3) is 0 Å². The van der Waals surface area contributed by atoms with Crippen LogP contribution in [0.2, 0.25) is 0 Å². The van der Waals surface area contributed by atoms with Crippen LogP contribution < -0.4 is 0 Å². The van der Waals surface area contributed by atoms with E-state index >= 15 is 0 Å². The molecule has 0 aliphatic rings. The third-order valence-corrected chi connectivity index (χ3v) is 0. The molecule has 0 heterocycles. The van der Waals surface area contributed by atoms with E-state index in [2.05, 4.69) is 0 Å². The Morgan fingerprint density at radius 2 is 0.750 bits per heavy atom. The molecule has 0 aromatic carbocycles. The minimum atomic E-state index is 0. The van der Waals surface area contributed by atoms with Gasteiger partial charge in [0.05, 0.1) is 0 Å². The number of rotatable bonds is 0. The Morgan fingerprint density at radius 1 is 0.750 bits per heavy atom. The smallest absolute Gasteiger partial charge is 0 e. The van der Waals surface area contributed by atoms with Crippen molar-refractivity contribution in [2.75, 3.05) is 0 Å². The molecule has 0 aromatic rings. The molecule has 0 rings (SSSR count).